The summed E-state index contributed by atoms with van der Waals surface area (Å²) in [6, 6.07) is 10.2. The molecular formula is C15H11Cl3N2O. The highest BCUT2D eigenvalue weighted by Gasteiger charge is 2.24. The van der Waals surface area contributed by atoms with Crippen LogP contribution in [0.5, 0.6) is 5.75 Å². The monoisotopic (exact) mass is 340 g/mol. The lowest BCUT2D eigenvalue weighted by molar-refractivity contribution is 0.474. The Kier molecular flexibility index (Phi) is 3.98. The van der Waals surface area contributed by atoms with Crippen LogP contribution in [0.3, 0.4) is 0 Å². The molecule has 0 radical (unpaired) electrons. The summed E-state index contributed by atoms with van der Waals surface area (Å²) in [5.41, 5.74) is 5.32. The van der Waals surface area contributed by atoms with E-state index in [0.29, 0.717) is 27.1 Å². The molecule has 0 aromatic heterocycles. The molecular weight excluding hydrogens is 331 g/mol. The molecule has 0 bridgehead atoms. The van der Waals surface area contributed by atoms with Crippen LogP contribution >= 0.6 is 34.8 Å². The summed E-state index contributed by atoms with van der Waals surface area (Å²) >= 11 is 18.1. The van der Waals surface area contributed by atoms with Crippen LogP contribution in [0, 0.1) is 0 Å². The van der Waals surface area contributed by atoms with Gasteiger partial charge in [0.15, 0.2) is 0 Å². The van der Waals surface area contributed by atoms with Crippen molar-refractivity contribution in [2.24, 2.45) is 5.10 Å². The van der Waals surface area contributed by atoms with Crippen molar-refractivity contribution in [1.29, 1.82) is 0 Å². The zero-order valence-corrected chi connectivity index (χ0v) is 13.0. The Balaban J connectivity index is 1.86. The molecule has 1 aliphatic heterocycles. The molecule has 1 atom stereocenters. The van der Waals surface area contributed by atoms with Crippen molar-refractivity contribution < 1.29 is 5.11 Å². The average Bonchev–Trinajstić information content (AvgIpc) is 2.91. The van der Waals surface area contributed by atoms with Gasteiger partial charge in [-0.1, -0.05) is 40.9 Å². The Morgan fingerprint density at radius 2 is 1.76 bits per heavy atom. The first-order chi connectivity index (χ1) is 10.0. The van der Waals surface area contributed by atoms with Crippen LogP contribution in [-0.2, 0) is 0 Å². The molecule has 2 N–H and O–H groups in total. The van der Waals surface area contributed by atoms with Gasteiger partial charge in [-0.2, -0.15) is 5.10 Å². The van der Waals surface area contributed by atoms with Crippen molar-refractivity contribution >= 4 is 40.5 Å². The van der Waals surface area contributed by atoms with E-state index < -0.39 is 0 Å². The van der Waals surface area contributed by atoms with Gasteiger partial charge in [-0.05, 0) is 35.9 Å². The van der Waals surface area contributed by atoms with Gasteiger partial charge in [0.05, 0.1) is 11.8 Å². The maximum absolute atomic E-state index is 9.93. The number of hydrazone groups is 1. The fourth-order valence-corrected chi connectivity index (χ4v) is 3.03. The minimum absolute atomic E-state index is 0.0526. The van der Waals surface area contributed by atoms with Gasteiger partial charge in [-0.3, -0.25) is 0 Å². The molecule has 0 saturated heterocycles. The van der Waals surface area contributed by atoms with Crippen LogP contribution < -0.4 is 5.43 Å². The molecule has 3 nitrogen and oxygen atoms in total. The van der Waals surface area contributed by atoms with E-state index in [1.807, 2.05) is 6.07 Å². The van der Waals surface area contributed by atoms with Crippen LogP contribution in [0.1, 0.15) is 23.6 Å². The average molecular weight is 342 g/mol. The maximum Gasteiger partial charge on any atom is 0.124 e. The number of nitrogens with zero attached hydrogens (tertiary/aromatic N) is 1. The summed E-state index contributed by atoms with van der Waals surface area (Å²) in [7, 11) is 0. The Morgan fingerprint density at radius 3 is 2.52 bits per heavy atom. The number of hydrogen-bond acceptors (Lipinski definition) is 3. The highest BCUT2D eigenvalue weighted by Crippen LogP contribution is 2.33. The van der Waals surface area contributed by atoms with Crippen molar-refractivity contribution in [2.75, 3.05) is 0 Å². The number of aromatic hydroxyl groups is 1. The van der Waals surface area contributed by atoms with Crippen molar-refractivity contribution in [2.45, 2.75) is 12.5 Å². The first-order valence-electron chi connectivity index (χ1n) is 6.30. The SMILES string of the molecule is Oc1ccc(Cl)cc1C1=NN[C@@H](c2ccc(Cl)cc2Cl)C1. The number of nitrogens with one attached hydrogen (secondary N) is 1. The van der Waals surface area contributed by atoms with Crippen molar-refractivity contribution in [3.05, 3.63) is 62.6 Å². The predicted octanol–water partition coefficient (Wildman–Crippen LogP) is 4.79. The van der Waals surface area contributed by atoms with Gasteiger partial charge in [0.1, 0.15) is 5.75 Å². The first-order valence-corrected chi connectivity index (χ1v) is 7.44. The molecule has 0 amide bonds. The third kappa shape index (κ3) is 2.95. The highest BCUT2D eigenvalue weighted by atomic mass is 35.5. The predicted molar refractivity (Wildman–Crippen MR) is 86.6 cm³/mol. The number of phenols is 1. The van der Waals surface area contributed by atoms with E-state index in [0.717, 1.165) is 11.3 Å². The number of phenolic OH excluding ortho intramolecular Hbond substituents is 1. The Hall–Kier alpha value is -1.42. The summed E-state index contributed by atoms with van der Waals surface area (Å²) in [4.78, 5) is 0. The molecule has 0 aliphatic carbocycles. The highest BCUT2D eigenvalue weighted by molar-refractivity contribution is 6.35. The van der Waals surface area contributed by atoms with Gasteiger partial charge < -0.3 is 10.5 Å². The second kappa shape index (κ2) is 5.76. The second-order valence-electron chi connectivity index (χ2n) is 4.77. The van der Waals surface area contributed by atoms with E-state index in [1.165, 1.54) is 0 Å². The van der Waals surface area contributed by atoms with Crippen molar-refractivity contribution in [1.82, 2.24) is 5.43 Å². The molecule has 3 rings (SSSR count). The molecule has 2 aromatic carbocycles. The fraction of sp³-hybridized carbons (Fsp3) is 0.133. The minimum atomic E-state index is -0.0526. The Morgan fingerprint density at radius 1 is 1.05 bits per heavy atom. The molecule has 0 saturated carbocycles. The topological polar surface area (TPSA) is 44.6 Å². The molecule has 6 heteroatoms. The van der Waals surface area contributed by atoms with Gasteiger partial charge in [0.25, 0.3) is 0 Å². The molecule has 21 heavy (non-hydrogen) atoms. The summed E-state index contributed by atoms with van der Waals surface area (Å²) in [5.74, 6) is 0.155. The van der Waals surface area contributed by atoms with Gasteiger partial charge in [-0.25, -0.2) is 0 Å². The number of rotatable bonds is 2. The van der Waals surface area contributed by atoms with E-state index in [4.69, 9.17) is 34.8 Å². The quantitative estimate of drug-likeness (QED) is 0.824. The summed E-state index contributed by atoms with van der Waals surface area (Å²) in [6.45, 7) is 0. The van der Waals surface area contributed by atoms with E-state index in [2.05, 4.69) is 10.5 Å². The van der Waals surface area contributed by atoms with Gasteiger partial charge in [-0.15, -0.1) is 0 Å². The third-order valence-electron chi connectivity index (χ3n) is 3.36. The second-order valence-corrected chi connectivity index (χ2v) is 6.05. The van der Waals surface area contributed by atoms with E-state index in [9.17, 15) is 5.11 Å². The van der Waals surface area contributed by atoms with Crippen LogP contribution in [0.4, 0.5) is 0 Å². The third-order valence-corrected chi connectivity index (χ3v) is 4.16. The summed E-state index contributed by atoms with van der Waals surface area (Å²) in [5, 5.41) is 16.0. The zero-order valence-electron chi connectivity index (χ0n) is 10.8. The van der Waals surface area contributed by atoms with Crippen LogP contribution in [-0.4, -0.2) is 10.8 Å². The van der Waals surface area contributed by atoms with Crippen LogP contribution in [0.25, 0.3) is 0 Å². The van der Waals surface area contributed by atoms with Gasteiger partial charge in [0.2, 0.25) is 0 Å². The standard InChI is InChI=1S/C15H11Cl3N2O/c16-8-2-4-15(21)11(5-8)14-7-13(19-20-14)10-3-1-9(17)6-12(10)18/h1-6,13,19,21H,7H2/t13-/m1/s1. The van der Waals surface area contributed by atoms with Gasteiger partial charge >= 0.3 is 0 Å². The normalized spacial score (nSPS) is 17.5. The number of halogens is 3. The Labute approximate surface area is 137 Å². The smallest absolute Gasteiger partial charge is 0.124 e. The minimum Gasteiger partial charge on any atom is -0.507 e. The lowest BCUT2D eigenvalue weighted by Gasteiger charge is -2.12. The van der Waals surface area contributed by atoms with Crippen LogP contribution in [0.15, 0.2) is 41.5 Å². The lowest BCUT2D eigenvalue weighted by Crippen LogP contribution is -2.10. The summed E-state index contributed by atoms with van der Waals surface area (Å²) < 4.78 is 0. The molecule has 108 valence electrons. The summed E-state index contributed by atoms with van der Waals surface area (Å²) in [6.07, 6.45) is 0.606. The number of benzene rings is 2. The first kappa shape index (κ1) is 14.5. The number of hydrogen-bond donors (Lipinski definition) is 2. The maximum atomic E-state index is 9.93. The molecule has 1 aliphatic rings. The van der Waals surface area contributed by atoms with Gasteiger partial charge in [0, 0.05) is 27.1 Å². The molecule has 0 unspecified atom stereocenters. The van der Waals surface area contributed by atoms with E-state index in [-0.39, 0.29) is 11.8 Å². The van der Waals surface area contributed by atoms with Crippen molar-refractivity contribution in [3.63, 3.8) is 0 Å². The van der Waals surface area contributed by atoms with E-state index in [1.54, 1.807) is 30.3 Å². The molecule has 0 fully saturated rings. The van der Waals surface area contributed by atoms with Crippen LogP contribution in [0.2, 0.25) is 15.1 Å². The largest absolute Gasteiger partial charge is 0.507 e. The molecule has 2 aromatic rings. The van der Waals surface area contributed by atoms with E-state index >= 15 is 0 Å². The zero-order chi connectivity index (χ0) is 15.0. The Bertz CT molecular complexity index is 731. The van der Waals surface area contributed by atoms with Crippen molar-refractivity contribution in [3.8, 4) is 5.75 Å². The molecule has 1 heterocycles. The fourth-order valence-electron chi connectivity index (χ4n) is 2.31. The molecule has 0 spiro atoms. The lowest BCUT2D eigenvalue weighted by atomic mass is 9.98.